The van der Waals surface area contributed by atoms with E-state index in [0.717, 1.165) is 29.0 Å². The van der Waals surface area contributed by atoms with Gasteiger partial charge in [0.25, 0.3) is 0 Å². The van der Waals surface area contributed by atoms with Crippen molar-refractivity contribution in [1.82, 2.24) is 14.8 Å². The highest BCUT2D eigenvalue weighted by Gasteiger charge is 2.12. The van der Waals surface area contributed by atoms with Gasteiger partial charge in [0, 0.05) is 24.2 Å². The van der Waals surface area contributed by atoms with Crippen molar-refractivity contribution in [2.24, 2.45) is 0 Å². The van der Waals surface area contributed by atoms with E-state index in [2.05, 4.69) is 22.4 Å². The molecular weight excluding hydrogens is 360 g/mol. The first-order valence-electron chi connectivity index (χ1n) is 8.79. The molecule has 1 heterocycles. The van der Waals surface area contributed by atoms with E-state index >= 15 is 0 Å². The summed E-state index contributed by atoms with van der Waals surface area (Å²) in [6, 6.07) is 15.4. The molecule has 7 heteroatoms. The number of carbonyl (C=O) groups excluding carboxylic acids is 1. The second kappa shape index (κ2) is 8.64. The first kappa shape index (κ1) is 18.8. The quantitative estimate of drug-likeness (QED) is 0.601. The first-order chi connectivity index (χ1) is 13.1. The van der Waals surface area contributed by atoms with Gasteiger partial charge < -0.3 is 10.1 Å². The Kier molecular flexibility index (Phi) is 6.03. The van der Waals surface area contributed by atoms with Gasteiger partial charge in [-0.25, -0.2) is 0 Å². The zero-order valence-corrected chi connectivity index (χ0v) is 16.2. The molecular formula is C20H22N4O2S. The molecule has 0 aliphatic rings. The SMILES string of the molecule is CCc1ccccc1NC(=O)CCn1c(-c2ccc(OC)cc2)n[nH]c1=S. The average molecular weight is 382 g/mol. The van der Waals surface area contributed by atoms with Gasteiger partial charge in [0.2, 0.25) is 5.91 Å². The molecule has 0 unspecified atom stereocenters. The highest BCUT2D eigenvalue weighted by Crippen LogP contribution is 2.21. The molecule has 0 saturated heterocycles. The number of rotatable bonds is 7. The van der Waals surface area contributed by atoms with Gasteiger partial charge in [0.05, 0.1) is 7.11 Å². The van der Waals surface area contributed by atoms with E-state index in [1.165, 1.54) is 0 Å². The predicted octanol–water partition coefficient (Wildman–Crippen LogP) is 4.21. The Morgan fingerprint density at radius 1 is 1.22 bits per heavy atom. The number of ether oxygens (including phenoxy) is 1. The second-order valence-corrected chi connectivity index (χ2v) is 6.43. The maximum absolute atomic E-state index is 12.4. The zero-order valence-electron chi connectivity index (χ0n) is 15.4. The summed E-state index contributed by atoms with van der Waals surface area (Å²) in [4.78, 5) is 12.4. The topological polar surface area (TPSA) is 71.9 Å². The van der Waals surface area contributed by atoms with Crippen molar-refractivity contribution in [3.8, 4) is 17.1 Å². The van der Waals surface area contributed by atoms with Crippen LogP contribution in [0.2, 0.25) is 0 Å². The number of hydrogen-bond donors (Lipinski definition) is 2. The van der Waals surface area contributed by atoms with Gasteiger partial charge in [-0.3, -0.25) is 14.5 Å². The van der Waals surface area contributed by atoms with Crippen LogP contribution >= 0.6 is 12.2 Å². The van der Waals surface area contributed by atoms with Crippen LogP contribution in [0.3, 0.4) is 0 Å². The molecule has 140 valence electrons. The summed E-state index contributed by atoms with van der Waals surface area (Å²) in [6.07, 6.45) is 1.17. The predicted molar refractivity (Wildman–Crippen MR) is 108 cm³/mol. The number of benzene rings is 2. The fourth-order valence-electron chi connectivity index (χ4n) is 2.86. The molecule has 1 amide bonds. The number of carbonyl (C=O) groups is 1. The number of aromatic amines is 1. The lowest BCUT2D eigenvalue weighted by Gasteiger charge is -2.11. The molecule has 0 aliphatic heterocycles. The molecule has 6 nitrogen and oxygen atoms in total. The number of hydrogen-bond acceptors (Lipinski definition) is 4. The summed E-state index contributed by atoms with van der Waals surface area (Å²) in [5.41, 5.74) is 2.88. The molecule has 0 atom stereocenters. The van der Waals surface area contributed by atoms with E-state index in [-0.39, 0.29) is 5.91 Å². The van der Waals surface area contributed by atoms with E-state index in [1.807, 2.05) is 53.1 Å². The Morgan fingerprint density at radius 3 is 2.67 bits per heavy atom. The summed E-state index contributed by atoms with van der Waals surface area (Å²) in [5.74, 6) is 1.41. The van der Waals surface area contributed by atoms with Crippen LogP contribution in [0.4, 0.5) is 5.69 Å². The molecule has 0 bridgehead atoms. The van der Waals surface area contributed by atoms with Crippen LogP contribution in [0.1, 0.15) is 18.9 Å². The minimum Gasteiger partial charge on any atom is -0.497 e. The van der Waals surface area contributed by atoms with Crippen molar-refractivity contribution in [2.45, 2.75) is 26.3 Å². The number of nitrogens with zero attached hydrogens (tertiary/aromatic N) is 2. The normalized spacial score (nSPS) is 10.6. The number of amides is 1. The number of anilines is 1. The van der Waals surface area contributed by atoms with Crippen LogP contribution < -0.4 is 10.1 Å². The largest absolute Gasteiger partial charge is 0.497 e. The maximum atomic E-state index is 12.4. The van der Waals surface area contributed by atoms with E-state index in [9.17, 15) is 4.79 Å². The lowest BCUT2D eigenvalue weighted by Crippen LogP contribution is -2.16. The molecule has 0 radical (unpaired) electrons. The summed E-state index contributed by atoms with van der Waals surface area (Å²) in [6.45, 7) is 2.51. The average Bonchev–Trinajstić information content (AvgIpc) is 3.07. The first-order valence-corrected chi connectivity index (χ1v) is 9.20. The van der Waals surface area contributed by atoms with Crippen molar-refractivity contribution in [3.05, 3.63) is 58.9 Å². The third-order valence-corrected chi connectivity index (χ3v) is 4.65. The van der Waals surface area contributed by atoms with Gasteiger partial charge in [-0.2, -0.15) is 5.10 Å². The highest BCUT2D eigenvalue weighted by molar-refractivity contribution is 7.71. The molecule has 2 aromatic carbocycles. The highest BCUT2D eigenvalue weighted by atomic mass is 32.1. The molecule has 0 spiro atoms. The summed E-state index contributed by atoms with van der Waals surface area (Å²) < 4.78 is 7.51. The zero-order chi connectivity index (χ0) is 19.2. The van der Waals surface area contributed by atoms with Crippen LogP contribution in [0.5, 0.6) is 5.75 Å². The third-order valence-electron chi connectivity index (χ3n) is 4.34. The van der Waals surface area contributed by atoms with Gasteiger partial charge in [0.15, 0.2) is 10.6 Å². The molecule has 27 heavy (non-hydrogen) atoms. The number of H-pyrrole nitrogens is 1. The van der Waals surface area contributed by atoms with Crippen molar-refractivity contribution in [2.75, 3.05) is 12.4 Å². The van der Waals surface area contributed by atoms with Gasteiger partial charge in [-0.15, -0.1) is 0 Å². The van der Waals surface area contributed by atoms with E-state index < -0.39 is 0 Å². The Bertz CT molecular complexity index is 976. The van der Waals surface area contributed by atoms with Crippen molar-refractivity contribution in [3.63, 3.8) is 0 Å². The van der Waals surface area contributed by atoms with Crippen LogP contribution in [-0.4, -0.2) is 27.8 Å². The van der Waals surface area contributed by atoms with E-state index in [4.69, 9.17) is 17.0 Å². The van der Waals surface area contributed by atoms with Gasteiger partial charge in [-0.1, -0.05) is 25.1 Å². The number of nitrogens with one attached hydrogen (secondary N) is 2. The fourth-order valence-corrected chi connectivity index (χ4v) is 3.09. The Morgan fingerprint density at radius 2 is 1.96 bits per heavy atom. The monoisotopic (exact) mass is 382 g/mol. The van der Waals surface area contributed by atoms with Crippen LogP contribution in [0.15, 0.2) is 48.5 Å². The van der Waals surface area contributed by atoms with Crippen molar-refractivity contribution < 1.29 is 9.53 Å². The Balaban J connectivity index is 1.71. The van der Waals surface area contributed by atoms with Gasteiger partial charge >= 0.3 is 0 Å². The Labute approximate surface area is 163 Å². The van der Waals surface area contributed by atoms with Gasteiger partial charge in [-0.05, 0) is 54.5 Å². The molecule has 0 fully saturated rings. The minimum absolute atomic E-state index is 0.0559. The maximum Gasteiger partial charge on any atom is 0.226 e. The van der Waals surface area contributed by atoms with Crippen LogP contribution in [-0.2, 0) is 17.8 Å². The van der Waals surface area contributed by atoms with E-state index in [1.54, 1.807) is 7.11 Å². The van der Waals surface area contributed by atoms with Crippen molar-refractivity contribution in [1.29, 1.82) is 0 Å². The lowest BCUT2D eigenvalue weighted by molar-refractivity contribution is -0.116. The number of aryl methyl sites for hydroxylation is 1. The van der Waals surface area contributed by atoms with Crippen LogP contribution in [0, 0.1) is 4.77 Å². The summed E-state index contributed by atoms with van der Waals surface area (Å²) in [5, 5.41) is 10.1. The molecule has 0 aliphatic carbocycles. The smallest absolute Gasteiger partial charge is 0.226 e. The van der Waals surface area contributed by atoms with Crippen LogP contribution in [0.25, 0.3) is 11.4 Å². The third kappa shape index (κ3) is 4.43. The molecule has 2 N–H and O–H groups in total. The summed E-state index contributed by atoms with van der Waals surface area (Å²) in [7, 11) is 1.63. The van der Waals surface area contributed by atoms with E-state index in [0.29, 0.717) is 23.6 Å². The van der Waals surface area contributed by atoms with Gasteiger partial charge in [0.1, 0.15) is 5.75 Å². The number of aromatic nitrogens is 3. The molecule has 0 saturated carbocycles. The molecule has 3 rings (SSSR count). The summed E-state index contributed by atoms with van der Waals surface area (Å²) >= 11 is 5.33. The lowest BCUT2D eigenvalue weighted by atomic mass is 10.1. The molecule has 1 aromatic heterocycles. The molecule has 3 aromatic rings. The standard InChI is InChI=1S/C20H22N4O2S/c1-3-14-6-4-5-7-17(14)21-18(25)12-13-24-19(22-23-20(24)27)15-8-10-16(26-2)11-9-15/h4-11H,3,12-13H2,1-2H3,(H,21,25)(H,23,27). The van der Waals surface area contributed by atoms with Crippen molar-refractivity contribution >= 4 is 23.8 Å². The fraction of sp³-hybridized carbons (Fsp3) is 0.250. The number of para-hydroxylation sites is 1. The minimum atomic E-state index is -0.0559. The second-order valence-electron chi connectivity index (χ2n) is 6.04. The Hall–Kier alpha value is -2.93. The number of methoxy groups -OCH3 is 1.